The van der Waals surface area contributed by atoms with E-state index in [4.69, 9.17) is 4.74 Å². The van der Waals surface area contributed by atoms with Crippen LogP contribution in [0.5, 0.6) is 0 Å². The van der Waals surface area contributed by atoms with Crippen LogP contribution in [-0.4, -0.2) is 25.7 Å². The average molecular weight is 213 g/mol. The summed E-state index contributed by atoms with van der Waals surface area (Å²) in [5.74, 6) is 0.439. The second-order valence-electron chi connectivity index (χ2n) is 5.72. The molecule has 0 saturated carbocycles. The van der Waals surface area contributed by atoms with Gasteiger partial charge in [0.05, 0.1) is 12.5 Å². The molecule has 1 N–H and O–H groups in total. The van der Waals surface area contributed by atoms with Crippen LogP contribution in [0, 0.1) is 17.3 Å². The van der Waals surface area contributed by atoms with Crippen LogP contribution in [0.3, 0.4) is 0 Å². The quantitative estimate of drug-likeness (QED) is 0.727. The van der Waals surface area contributed by atoms with Gasteiger partial charge in [-0.15, -0.1) is 0 Å². The molecule has 0 spiro atoms. The van der Waals surface area contributed by atoms with Gasteiger partial charge in [0.15, 0.2) is 0 Å². The number of hydrogen-bond donors (Lipinski definition) is 1. The average Bonchev–Trinajstić information content (AvgIpc) is 2.48. The Bertz CT molecular complexity index is 220. The predicted octanol–water partition coefficient (Wildman–Crippen LogP) is 1.82. The van der Waals surface area contributed by atoms with Gasteiger partial charge < -0.3 is 10.1 Å². The minimum absolute atomic E-state index is 0.0308. The number of nitrogens with one attached hydrogen (secondary N) is 1. The lowest BCUT2D eigenvalue weighted by atomic mass is 9.93. The van der Waals surface area contributed by atoms with Gasteiger partial charge in [-0.1, -0.05) is 27.7 Å². The summed E-state index contributed by atoms with van der Waals surface area (Å²) in [4.78, 5) is 11.7. The summed E-state index contributed by atoms with van der Waals surface area (Å²) < 4.78 is 5.29. The van der Waals surface area contributed by atoms with E-state index in [-0.39, 0.29) is 17.3 Å². The summed E-state index contributed by atoms with van der Waals surface area (Å²) in [5, 5.41) is 3.21. The van der Waals surface area contributed by atoms with Gasteiger partial charge in [-0.05, 0) is 24.3 Å². The van der Waals surface area contributed by atoms with Gasteiger partial charge in [-0.2, -0.15) is 0 Å². The van der Waals surface area contributed by atoms with Crippen molar-refractivity contribution in [1.82, 2.24) is 5.32 Å². The van der Waals surface area contributed by atoms with Gasteiger partial charge in [0.25, 0.3) is 0 Å². The third kappa shape index (κ3) is 4.20. The molecular formula is C12H23NO2. The van der Waals surface area contributed by atoms with E-state index in [1.165, 1.54) is 0 Å². The molecule has 15 heavy (non-hydrogen) atoms. The molecule has 1 rings (SSSR count). The molecule has 2 unspecified atom stereocenters. The first-order valence-corrected chi connectivity index (χ1v) is 5.77. The number of carbonyl (C=O) groups excluding carboxylic acids is 1. The summed E-state index contributed by atoms with van der Waals surface area (Å²) >= 11 is 0. The third-order valence-electron chi connectivity index (χ3n) is 2.92. The van der Waals surface area contributed by atoms with E-state index in [1.54, 1.807) is 0 Å². The van der Waals surface area contributed by atoms with Gasteiger partial charge >= 0.3 is 5.97 Å². The van der Waals surface area contributed by atoms with E-state index in [2.05, 4.69) is 33.0 Å². The van der Waals surface area contributed by atoms with Crippen LogP contribution in [-0.2, 0) is 9.53 Å². The van der Waals surface area contributed by atoms with Crippen molar-refractivity contribution in [3.05, 3.63) is 0 Å². The van der Waals surface area contributed by atoms with Crippen molar-refractivity contribution in [2.75, 3.05) is 19.7 Å². The lowest BCUT2D eigenvalue weighted by Gasteiger charge is -2.19. The Morgan fingerprint density at radius 3 is 2.53 bits per heavy atom. The summed E-state index contributed by atoms with van der Waals surface area (Å²) in [6.07, 6.45) is 0.924. The fraction of sp³-hybridized carbons (Fsp3) is 0.917. The first-order chi connectivity index (χ1) is 6.90. The Labute approximate surface area is 92.6 Å². The highest BCUT2D eigenvalue weighted by molar-refractivity contribution is 5.73. The Hall–Kier alpha value is -0.570. The van der Waals surface area contributed by atoms with Crippen molar-refractivity contribution < 1.29 is 9.53 Å². The highest BCUT2D eigenvalue weighted by Crippen LogP contribution is 2.20. The molecular weight excluding hydrogens is 190 g/mol. The fourth-order valence-corrected chi connectivity index (χ4v) is 1.69. The van der Waals surface area contributed by atoms with Gasteiger partial charge in [0, 0.05) is 6.54 Å². The molecule has 0 radical (unpaired) electrons. The molecule has 0 bridgehead atoms. The second-order valence-corrected chi connectivity index (χ2v) is 5.72. The van der Waals surface area contributed by atoms with Crippen molar-refractivity contribution in [1.29, 1.82) is 0 Å². The van der Waals surface area contributed by atoms with Gasteiger partial charge in [-0.25, -0.2) is 0 Å². The highest BCUT2D eigenvalue weighted by Gasteiger charge is 2.30. The number of hydrogen-bond acceptors (Lipinski definition) is 3. The number of ether oxygens (including phenoxy) is 1. The number of carbonyl (C=O) groups is 1. The summed E-state index contributed by atoms with van der Waals surface area (Å²) in [7, 11) is 0. The van der Waals surface area contributed by atoms with E-state index >= 15 is 0 Å². The van der Waals surface area contributed by atoms with Crippen LogP contribution in [0.1, 0.15) is 34.1 Å². The molecule has 0 aliphatic carbocycles. The lowest BCUT2D eigenvalue weighted by molar-refractivity contribution is -0.149. The molecule has 0 aromatic carbocycles. The molecule has 88 valence electrons. The van der Waals surface area contributed by atoms with Crippen LogP contribution in [0.15, 0.2) is 0 Å². The first-order valence-electron chi connectivity index (χ1n) is 5.77. The molecule has 0 amide bonds. The van der Waals surface area contributed by atoms with E-state index < -0.39 is 0 Å². The van der Waals surface area contributed by atoms with Crippen LogP contribution in [0.4, 0.5) is 0 Å². The lowest BCUT2D eigenvalue weighted by Crippen LogP contribution is -2.25. The molecule has 1 heterocycles. The van der Waals surface area contributed by atoms with E-state index in [0.29, 0.717) is 12.5 Å². The molecule has 1 aliphatic heterocycles. The topological polar surface area (TPSA) is 38.3 Å². The third-order valence-corrected chi connectivity index (χ3v) is 2.92. The second kappa shape index (κ2) is 4.97. The zero-order valence-electron chi connectivity index (χ0n) is 10.3. The van der Waals surface area contributed by atoms with Crippen LogP contribution >= 0.6 is 0 Å². The summed E-state index contributed by atoms with van der Waals surface area (Å²) in [6, 6.07) is 0. The van der Waals surface area contributed by atoms with Gasteiger partial charge in [-0.3, -0.25) is 4.79 Å². The van der Waals surface area contributed by atoms with Gasteiger partial charge in [0.2, 0.25) is 0 Å². The predicted molar refractivity (Wildman–Crippen MR) is 60.6 cm³/mol. The summed E-state index contributed by atoms with van der Waals surface area (Å²) in [6.45, 7) is 10.8. The Balaban J connectivity index is 2.24. The van der Waals surface area contributed by atoms with Crippen LogP contribution in [0.2, 0.25) is 0 Å². The highest BCUT2D eigenvalue weighted by atomic mass is 16.5. The first kappa shape index (κ1) is 12.5. The standard InChI is InChI=1S/C12H23NO2/c1-9-7-13-8-10(9)11(14)15-6-5-12(2,3)4/h9-10,13H,5-8H2,1-4H3. The van der Waals surface area contributed by atoms with Crippen molar-refractivity contribution in [2.24, 2.45) is 17.3 Å². The Morgan fingerprint density at radius 2 is 2.07 bits per heavy atom. The zero-order chi connectivity index (χ0) is 11.5. The smallest absolute Gasteiger partial charge is 0.310 e. The van der Waals surface area contributed by atoms with Crippen molar-refractivity contribution in [3.8, 4) is 0 Å². The maximum absolute atomic E-state index is 11.7. The van der Waals surface area contributed by atoms with Crippen LogP contribution < -0.4 is 5.32 Å². The number of rotatable bonds is 3. The molecule has 2 atom stereocenters. The van der Waals surface area contributed by atoms with E-state index in [1.807, 2.05) is 0 Å². The Kier molecular flexibility index (Phi) is 4.14. The zero-order valence-corrected chi connectivity index (χ0v) is 10.3. The molecule has 3 nitrogen and oxygen atoms in total. The number of esters is 1. The molecule has 0 aromatic rings. The fourth-order valence-electron chi connectivity index (χ4n) is 1.69. The maximum atomic E-state index is 11.7. The normalized spacial score (nSPS) is 26.7. The minimum atomic E-state index is -0.0308. The van der Waals surface area contributed by atoms with E-state index in [9.17, 15) is 4.79 Å². The van der Waals surface area contributed by atoms with Crippen LogP contribution in [0.25, 0.3) is 0 Å². The SMILES string of the molecule is CC1CNCC1C(=O)OCCC(C)(C)C. The monoisotopic (exact) mass is 213 g/mol. The summed E-state index contributed by atoms with van der Waals surface area (Å²) in [5.41, 5.74) is 0.236. The molecule has 1 aliphatic rings. The van der Waals surface area contributed by atoms with Gasteiger partial charge in [0.1, 0.15) is 0 Å². The molecule has 3 heteroatoms. The molecule has 0 aromatic heterocycles. The van der Waals surface area contributed by atoms with E-state index in [0.717, 1.165) is 19.5 Å². The molecule has 1 fully saturated rings. The largest absolute Gasteiger partial charge is 0.465 e. The van der Waals surface area contributed by atoms with Crippen molar-refractivity contribution in [3.63, 3.8) is 0 Å². The van der Waals surface area contributed by atoms with Crippen molar-refractivity contribution in [2.45, 2.75) is 34.1 Å². The minimum Gasteiger partial charge on any atom is -0.465 e. The maximum Gasteiger partial charge on any atom is 0.310 e. The molecule has 1 saturated heterocycles. The van der Waals surface area contributed by atoms with Crippen molar-refractivity contribution >= 4 is 5.97 Å². The Morgan fingerprint density at radius 1 is 1.40 bits per heavy atom.